The lowest BCUT2D eigenvalue weighted by Gasteiger charge is -2.25. The summed E-state index contributed by atoms with van der Waals surface area (Å²) in [4.78, 5) is 43.9. The quantitative estimate of drug-likeness (QED) is 0.608. The Balaban J connectivity index is 1.86. The molecule has 1 saturated heterocycles. The molecule has 0 unspecified atom stereocenters. The number of thioether (sulfide) groups is 1. The second-order valence-electron chi connectivity index (χ2n) is 7.36. The molecule has 0 saturated carbocycles. The van der Waals surface area contributed by atoms with E-state index in [-0.39, 0.29) is 29.7 Å². The van der Waals surface area contributed by atoms with Crippen LogP contribution in [0.25, 0.3) is 0 Å². The molecule has 8 nitrogen and oxygen atoms in total. The Labute approximate surface area is 190 Å². The molecule has 0 radical (unpaired) electrons. The number of nitrogen functional groups attached to an aromatic ring is 1. The molecular formula is C21H27N5O3S2. The highest BCUT2D eigenvalue weighted by molar-refractivity contribution is 8.23. The van der Waals surface area contributed by atoms with Gasteiger partial charge in [0.15, 0.2) is 5.69 Å². The Hall–Kier alpha value is -2.59. The van der Waals surface area contributed by atoms with Crippen molar-refractivity contribution in [2.24, 2.45) is 0 Å². The fourth-order valence-electron chi connectivity index (χ4n) is 3.54. The summed E-state index contributed by atoms with van der Waals surface area (Å²) >= 11 is 6.74. The summed E-state index contributed by atoms with van der Waals surface area (Å²) < 4.78 is 1.97. The Bertz CT molecular complexity index is 1050. The highest BCUT2D eigenvalue weighted by Crippen LogP contribution is 2.21. The molecule has 1 aliphatic heterocycles. The molecule has 3 rings (SSSR count). The molecule has 1 aliphatic rings. The molecule has 2 heterocycles. The minimum atomic E-state index is -0.666. The molecule has 1 aromatic carbocycles. The van der Waals surface area contributed by atoms with Gasteiger partial charge in [0.05, 0.1) is 12.3 Å². The van der Waals surface area contributed by atoms with Crippen molar-refractivity contribution in [3.8, 4) is 0 Å². The monoisotopic (exact) mass is 461 g/mol. The predicted molar refractivity (Wildman–Crippen MR) is 130 cm³/mol. The van der Waals surface area contributed by atoms with E-state index < -0.39 is 11.2 Å². The number of carbonyl (C=O) groups is 1. The number of hydrogen-bond donors (Lipinski definition) is 2. The number of likely N-dealkylation sites (tertiary alicyclic amines) is 1. The zero-order chi connectivity index (χ0) is 22.4. The van der Waals surface area contributed by atoms with Gasteiger partial charge in [-0.15, -0.1) is 0 Å². The number of benzene rings is 1. The van der Waals surface area contributed by atoms with E-state index in [0.29, 0.717) is 17.3 Å². The zero-order valence-corrected chi connectivity index (χ0v) is 19.1. The van der Waals surface area contributed by atoms with Crippen molar-refractivity contribution in [3.05, 3.63) is 56.7 Å². The van der Waals surface area contributed by atoms with Gasteiger partial charge in [0.25, 0.3) is 5.56 Å². The molecule has 1 aromatic heterocycles. The van der Waals surface area contributed by atoms with Gasteiger partial charge in [-0.3, -0.25) is 19.1 Å². The second-order valence-corrected chi connectivity index (χ2v) is 8.97. The van der Waals surface area contributed by atoms with Gasteiger partial charge < -0.3 is 15.5 Å². The lowest BCUT2D eigenvalue weighted by atomic mass is 10.2. The van der Waals surface area contributed by atoms with Crippen LogP contribution in [0.15, 0.2) is 39.9 Å². The van der Waals surface area contributed by atoms with Crippen LogP contribution in [-0.2, 0) is 11.3 Å². The van der Waals surface area contributed by atoms with E-state index in [4.69, 9.17) is 18.0 Å². The number of aromatic nitrogens is 2. The first-order valence-electron chi connectivity index (χ1n) is 10.3. The number of carbonyl (C=O) groups excluding carboxylic acids is 1. The van der Waals surface area contributed by atoms with Gasteiger partial charge in [-0.05, 0) is 24.8 Å². The average Bonchev–Trinajstić information content (AvgIpc) is 3.30. The maximum atomic E-state index is 13.0. The van der Waals surface area contributed by atoms with Crippen LogP contribution < -0.4 is 21.9 Å². The first kappa shape index (κ1) is 23.1. The van der Waals surface area contributed by atoms with Gasteiger partial charge in [0.2, 0.25) is 5.91 Å². The third-order valence-corrected chi connectivity index (χ3v) is 6.61. The van der Waals surface area contributed by atoms with Crippen LogP contribution in [0.1, 0.15) is 31.7 Å². The molecule has 2 aromatic rings. The normalized spacial score (nSPS) is 13.4. The van der Waals surface area contributed by atoms with Gasteiger partial charge in [0, 0.05) is 19.6 Å². The minimum absolute atomic E-state index is 0.00933. The summed E-state index contributed by atoms with van der Waals surface area (Å²) in [6, 6.07) is 9.32. The van der Waals surface area contributed by atoms with E-state index in [1.807, 2.05) is 37.3 Å². The summed E-state index contributed by atoms with van der Waals surface area (Å²) in [5.74, 6) is -0.187. The van der Waals surface area contributed by atoms with E-state index in [1.54, 1.807) is 0 Å². The molecule has 1 amide bonds. The van der Waals surface area contributed by atoms with Gasteiger partial charge in [-0.1, -0.05) is 61.2 Å². The minimum Gasteiger partial charge on any atom is -0.383 e. The number of rotatable bonds is 7. The van der Waals surface area contributed by atoms with Crippen molar-refractivity contribution in [3.63, 3.8) is 0 Å². The van der Waals surface area contributed by atoms with Gasteiger partial charge in [-0.25, -0.2) is 4.79 Å². The van der Waals surface area contributed by atoms with Crippen LogP contribution in [-0.4, -0.2) is 50.1 Å². The molecule has 3 N–H and O–H groups in total. The van der Waals surface area contributed by atoms with E-state index in [1.165, 1.54) is 21.2 Å². The Morgan fingerprint density at radius 2 is 1.90 bits per heavy atom. The summed E-state index contributed by atoms with van der Waals surface area (Å²) in [5.41, 5.74) is 5.86. The number of thiocarbonyl (C=S) groups is 1. The van der Waals surface area contributed by atoms with Crippen molar-refractivity contribution in [1.82, 2.24) is 14.5 Å². The molecule has 31 heavy (non-hydrogen) atoms. The Morgan fingerprint density at radius 3 is 2.55 bits per heavy atom. The smallest absolute Gasteiger partial charge is 0.330 e. The lowest BCUT2D eigenvalue weighted by molar-refractivity contribution is -0.116. The zero-order valence-electron chi connectivity index (χ0n) is 17.5. The van der Waals surface area contributed by atoms with Crippen LogP contribution >= 0.6 is 24.0 Å². The second kappa shape index (κ2) is 10.6. The van der Waals surface area contributed by atoms with Crippen LogP contribution in [0.2, 0.25) is 0 Å². The number of H-pyrrole nitrogens is 1. The van der Waals surface area contributed by atoms with Crippen molar-refractivity contribution >= 4 is 45.7 Å². The standard InChI is InChI=1S/C21H27N5O3S2/c1-2-10-25(16(27)14-31-21(30)24-11-6-7-12-24)17-18(22)26(20(29)23-19(17)28)13-15-8-4-3-5-9-15/h3-5,8-9H,2,6-7,10-14,22H2,1H3,(H,23,28,29). The van der Waals surface area contributed by atoms with Crippen molar-refractivity contribution in [2.75, 3.05) is 36.0 Å². The highest BCUT2D eigenvalue weighted by atomic mass is 32.2. The maximum absolute atomic E-state index is 13.0. The van der Waals surface area contributed by atoms with Gasteiger partial charge in [0.1, 0.15) is 10.1 Å². The predicted octanol–water partition coefficient (Wildman–Crippen LogP) is 2.02. The van der Waals surface area contributed by atoms with E-state index in [9.17, 15) is 14.4 Å². The first-order chi connectivity index (χ1) is 14.9. The average molecular weight is 462 g/mol. The number of nitrogens with two attached hydrogens (primary N) is 1. The van der Waals surface area contributed by atoms with Crippen LogP contribution in [0.3, 0.4) is 0 Å². The number of anilines is 2. The molecule has 0 bridgehead atoms. The Kier molecular flexibility index (Phi) is 7.91. The number of amides is 1. The molecule has 0 atom stereocenters. The molecule has 0 spiro atoms. The van der Waals surface area contributed by atoms with Crippen LogP contribution in [0, 0.1) is 0 Å². The van der Waals surface area contributed by atoms with E-state index >= 15 is 0 Å². The van der Waals surface area contributed by atoms with Gasteiger partial charge >= 0.3 is 5.69 Å². The van der Waals surface area contributed by atoms with Crippen molar-refractivity contribution < 1.29 is 4.79 Å². The number of aromatic amines is 1. The van der Waals surface area contributed by atoms with Crippen molar-refractivity contribution in [2.45, 2.75) is 32.7 Å². The fourth-order valence-corrected chi connectivity index (χ4v) is 4.67. The number of nitrogens with one attached hydrogen (secondary N) is 1. The van der Waals surface area contributed by atoms with E-state index in [0.717, 1.165) is 31.5 Å². The van der Waals surface area contributed by atoms with Crippen molar-refractivity contribution in [1.29, 1.82) is 0 Å². The fraction of sp³-hybridized carbons (Fsp3) is 0.429. The van der Waals surface area contributed by atoms with E-state index in [2.05, 4.69) is 9.88 Å². The molecular weight excluding hydrogens is 434 g/mol. The Morgan fingerprint density at radius 1 is 1.23 bits per heavy atom. The summed E-state index contributed by atoms with van der Waals surface area (Å²) in [6.45, 7) is 4.24. The molecule has 10 heteroatoms. The molecule has 0 aliphatic carbocycles. The molecule has 1 fully saturated rings. The molecule has 166 valence electrons. The van der Waals surface area contributed by atoms with Crippen LogP contribution in [0.5, 0.6) is 0 Å². The van der Waals surface area contributed by atoms with Gasteiger partial charge in [-0.2, -0.15) is 0 Å². The van der Waals surface area contributed by atoms with Crippen LogP contribution in [0.4, 0.5) is 11.5 Å². The number of nitrogens with zero attached hydrogens (tertiary/aromatic N) is 3. The third-order valence-electron chi connectivity index (χ3n) is 5.10. The summed E-state index contributed by atoms with van der Waals surface area (Å²) in [6.07, 6.45) is 2.83. The maximum Gasteiger partial charge on any atom is 0.330 e. The number of hydrogen-bond acceptors (Lipinski definition) is 6. The third kappa shape index (κ3) is 5.56. The first-order valence-corrected chi connectivity index (χ1v) is 11.7. The summed E-state index contributed by atoms with van der Waals surface area (Å²) in [5, 5.41) is 0. The SMILES string of the molecule is CCCN(C(=O)CSC(=S)N1CCCC1)c1c(N)n(Cc2ccccc2)c(=O)[nH]c1=O. The largest absolute Gasteiger partial charge is 0.383 e. The highest BCUT2D eigenvalue weighted by Gasteiger charge is 2.25. The summed E-state index contributed by atoms with van der Waals surface area (Å²) in [7, 11) is 0. The lowest BCUT2D eigenvalue weighted by Crippen LogP contribution is -2.42. The topological polar surface area (TPSA) is 104 Å².